The molecule has 1 fully saturated rings. The number of aryl methyl sites for hydroxylation is 1. The Morgan fingerprint density at radius 2 is 1.94 bits per heavy atom. The molecule has 0 N–H and O–H groups in total. The Hall–Kier alpha value is -2.39. The van der Waals surface area contributed by atoms with Gasteiger partial charge in [-0.1, -0.05) is 15.9 Å². The monoisotopic (exact) mass is 514 g/mol. The number of nitrogens with zero attached hydrogens (tertiary/aromatic N) is 2. The summed E-state index contributed by atoms with van der Waals surface area (Å²) < 4.78 is 24.1. The summed E-state index contributed by atoms with van der Waals surface area (Å²) in [7, 11) is 1.61. The van der Waals surface area contributed by atoms with Gasteiger partial charge in [0.05, 0.1) is 31.5 Å². The second kappa shape index (κ2) is 9.46. The minimum Gasteiger partial charge on any atom is -0.496 e. The number of ether oxygens (including phenoxy) is 4. The number of carbonyl (C=O) groups excluding carboxylic acids is 1. The molecule has 33 heavy (non-hydrogen) atoms. The van der Waals surface area contributed by atoms with Gasteiger partial charge in [-0.25, -0.2) is 0 Å². The number of ketones is 1. The molecule has 8 heteroatoms. The Balaban J connectivity index is 1.40. The van der Waals surface area contributed by atoms with Crippen LogP contribution in [-0.2, 0) is 11.3 Å². The number of carbonyl (C=O) groups is 1. The summed E-state index contributed by atoms with van der Waals surface area (Å²) in [6.07, 6.45) is 1.75. The minimum absolute atomic E-state index is 0.113. The van der Waals surface area contributed by atoms with Gasteiger partial charge in [0.1, 0.15) is 24.0 Å². The standard InChI is InChI=1S/C25H27BrN2O5/c1-16-11-21-19(14-28(15-32-21)6-5-27-7-9-31-10-8-27)25-23(16)24(29)22(33-25)13-17-12-18(26)3-4-20(17)30-2/h3-4,11-13H,5-10,14-15H2,1-2H3/b22-13-. The molecule has 0 bridgehead atoms. The van der Waals surface area contributed by atoms with Crippen molar-refractivity contribution in [3.63, 3.8) is 0 Å². The van der Waals surface area contributed by atoms with Gasteiger partial charge in [0.15, 0.2) is 5.76 Å². The maximum absolute atomic E-state index is 13.3. The number of halogens is 1. The first kappa shape index (κ1) is 22.4. The van der Waals surface area contributed by atoms with E-state index in [0.717, 1.165) is 66.3 Å². The van der Waals surface area contributed by atoms with Crippen LogP contribution in [0, 0.1) is 6.92 Å². The smallest absolute Gasteiger partial charge is 0.232 e. The molecule has 0 radical (unpaired) electrons. The predicted molar refractivity (Wildman–Crippen MR) is 128 cm³/mol. The van der Waals surface area contributed by atoms with Gasteiger partial charge in [0.2, 0.25) is 5.78 Å². The largest absolute Gasteiger partial charge is 0.496 e. The zero-order valence-electron chi connectivity index (χ0n) is 18.9. The van der Waals surface area contributed by atoms with E-state index in [0.29, 0.717) is 36.1 Å². The highest BCUT2D eigenvalue weighted by molar-refractivity contribution is 9.10. The Bertz CT molecular complexity index is 1110. The first-order valence-corrected chi connectivity index (χ1v) is 11.9. The first-order chi connectivity index (χ1) is 16.0. The van der Waals surface area contributed by atoms with Crippen molar-refractivity contribution in [1.82, 2.24) is 9.80 Å². The van der Waals surface area contributed by atoms with Crippen molar-refractivity contribution in [3.05, 3.63) is 56.8 Å². The third kappa shape index (κ3) is 4.53. The molecule has 0 aliphatic carbocycles. The second-order valence-electron chi connectivity index (χ2n) is 8.48. The van der Waals surface area contributed by atoms with E-state index in [-0.39, 0.29) is 5.78 Å². The van der Waals surface area contributed by atoms with Crippen molar-refractivity contribution in [2.45, 2.75) is 13.5 Å². The highest BCUT2D eigenvalue weighted by Crippen LogP contribution is 2.44. The fraction of sp³-hybridized carbons (Fsp3) is 0.400. The van der Waals surface area contributed by atoms with E-state index in [1.165, 1.54) is 0 Å². The van der Waals surface area contributed by atoms with Gasteiger partial charge < -0.3 is 18.9 Å². The highest BCUT2D eigenvalue weighted by atomic mass is 79.9. The summed E-state index contributed by atoms with van der Waals surface area (Å²) in [6.45, 7) is 8.49. The number of morpholine rings is 1. The molecule has 0 unspecified atom stereocenters. The Morgan fingerprint density at radius 3 is 2.73 bits per heavy atom. The summed E-state index contributed by atoms with van der Waals surface area (Å²) >= 11 is 3.49. The Labute approximate surface area is 202 Å². The van der Waals surface area contributed by atoms with Crippen molar-refractivity contribution in [3.8, 4) is 17.2 Å². The molecule has 0 atom stereocenters. The molecule has 174 valence electrons. The molecule has 0 amide bonds. The van der Waals surface area contributed by atoms with Crippen LogP contribution in [0.4, 0.5) is 0 Å². The average Bonchev–Trinajstić information content (AvgIpc) is 3.15. The molecule has 2 aromatic rings. The first-order valence-electron chi connectivity index (χ1n) is 11.1. The van der Waals surface area contributed by atoms with Crippen molar-refractivity contribution >= 4 is 27.8 Å². The van der Waals surface area contributed by atoms with Crippen LogP contribution in [-0.4, -0.2) is 68.8 Å². The number of hydrogen-bond donors (Lipinski definition) is 0. The SMILES string of the molecule is COc1ccc(Br)cc1/C=C1\Oc2c3c(cc(C)c2C1=O)OCN(CCN1CCOCC1)C3. The van der Waals surface area contributed by atoms with Gasteiger partial charge in [-0.2, -0.15) is 0 Å². The maximum Gasteiger partial charge on any atom is 0.232 e. The van der Waals surface area contributed by atoms with Gasteiger partial charge in [0, 0.05) is 42.8 Å². The van der Waals surface area contributed by atoms with Crippen LogP contribution in [0.2, 0.25) is 0 Å². The molecular formula is C25H27BrN2O5. The normalized spacial score (nSPS) is 19.7. The van der Waals surface area contributed by atoms with E-state index in [1.807, 2.05) is 31.2 Å². The van der Waals surface area contributed by atoms with E-state index < -0.39 is 0 Å². The average molecular weight is 515 g/mol. The second-order valence-corrected chi connectivity index (χ2v) is 9.40. The molecular weight excluding hydrogens is 488 g/mol. The highest BCUT2D eigenvalue weighted by Gasteiger charge is 2.35. The van der Waals surface area contributed by atoms with Crippen molar-refractivity contribution < 1.29 is 23.7 Å². The van der Waals surface area contributed by atoms with E-state index in [1.54, 1.807) is 13.2 Å². The van der Waals surface area contributed by atoms with Gasteiger partial charge in [-0.15, -0.1) is 0 Å². The molecule has 3 aliphatic rings. The van der Waals surface area contributed by atoms with Gasteiger partial charge >= 0.3 is 0 Å². The lowest BCUT2D eigenvalue weighted by molar-refractivity contribution is 0.0239. The van der Waals surface area contributed by atoms with Crippen LogP contribution < -0.4 is 14.2 Å². The summed E-state index contributed by atoms with van der Waals surface area (Å²) in [6, 6.07) is 7.62. The van der Waals surface area contributed by atoms with Crippen LogP contribution in [0.15, 0.2) is 34.5 Å². The van der Waals surface area contributed by atoms with E-state index in [2.05, 4.69) is 25.7 Å². The topological polar surface area (TPSA) is 60.5 Å². The number of benzene rings is 2. The number of allylic oxidation sites excluding steroid dienone is 1. The Morgan fingerprint density at radius 1 is 1.15 bits per heavy atom. The zero-order chi connectivity index (χ0) is 22.9. The number of methoxy groups -OCH3 is 1. The number of Topliss-reactive ketones (excluding diaryl/α,β-unsaturated/α-hetero) is 1. The van der Waals surface area contributed by atoms with Crippen LogP contribution in [0.25, 0.3) is 6.08 Å². The van der Waals surface area contributed by atoms with Crippen molar-refractivity contribution in [2.24, 2.45) is 0 Å². The van der Waals surface area contributed by atoms with E-state index in [4.69, 9.17) is 18.9 Å². The van der Waals surface area contributed by atoms with Crippen molar-refractivity contribution in [1.29, 1.82) is 0 Å². The summed E-state index contributed by atoms with van der Waals surface area (Å²) in [5.74, 6) is 2.27. The molecule has 2 aromatic carbocycles. The molecule has 1 saturated heterocycles. The summed E-state index contributed by atoms with van der Waals surface area (Å²) in [4.78, 5) is 17.9. The van der Waals surface area contributed by atoms with Gasteiger partial charge in [-0.05, 0) is 42.8 Å². The lowest BCUT2D eigenvalue weighted by Gasteiger charge is -2.33. The minimum atomic E-state index is -0.113. The number of fused-ring (bicyclic) bond motifs is 3. The molecule has 0 spiro atoms. The zero-order valence-corrected chi connectivity index (χ0v) is 20.4. The third-order valence-electron chi connectivity index (χ3n) is 6.30. The fourth-order valence-electron chi connectivity index (χ4n) is 4.49. The van der Waals surface area contributed by atoms with E-state index in [9.17, 15) is 4.79 Å². The van der Waals surface area contributed by atoms with Crippen LogP contribution in [0.5, 0.6) is 17.2 Å². The van der Waals surface area contributed by atoms with E-state index >= 15 is 0 Å². The Kier molecular flexibility index (Phi) is 6.42. The molecule has 0 saturated carbocycles. The van der Waals surface area contributed by atoms with Crippen LogP contribution in [0.1, 0.15) is 27.0 Å². The van der Waals surface area contributed by atoms with Crippen molar-refractivity contribution in [2.75, 3.05) is 53.2 Å². The van der Waals surface area contributed by atoms with Gasteiger partial charge in [0.25, 0.3) is 0 Å². The molecule has 5 rings (SSSR count). The molecule has 3 heterocycles. The third-order valence-corrected chi connectivity index (χ3v) is 6.80. The van der Waals surface area contributed by atoms with Crippen LogP contribution in [0.3, 0.4) is 0 Å². The lowest BCUT2D eigenvalue weighted by Crippen LogP contribution is -2.43. The molecule has 7 nitrogen and oxygen atoms in total. The molecule has 0 aromatic heterocycles. The van der Waals surface area contributed by atoms with Crippen LogP contribution >= 0.6 is 15.9 Å². The lowest BCUT2D eigenvalue weighted by atomic mass is 9.98. The van der Waals surface area contributed by atoms with Gasteiger partial charge in [-0.3, -0.25) is 14.6 Å². The summed E-state index contributed by atoms with van der Waals surface area (Å²) in [5, 5.41) is 0. The fourth-order valence-corrected chi connectivity index (χ4v) is 4.86. The molecule has 3 aliphatic heterocycles. The number of rotatable bonds is 5. The number of hydrogen-bond acceptors (Lipinski definition) is 7. The predicted octanol–water partition coefficient (Wildman–Crippen LogP) is 3.87. The maximum atomic E-state index is 13.3. The summed E-state index contributed by atoms with van der Waals surface area (Å²) in [5.41, 5.74) is 3.19. The quantitative estimate of drug-likeness (QED) is 0.561.